The summed E-state index contributed by atoms with van der Waals surface area (Å²) >= 11 is 5.29. The summed E-state index contributed by atoms with van der Waals surface area (Å²) in [4.78, 5) is 8.12. The minimum atomic E-state index is -1.44. The first kappa shape index (κ1) is 15.0. The molecule has 0 spiro atoms. The fraction of sp³-hybridized carbons (Fsp3) is 0.500. The van der Waals surface area contributed by atoms with E-state index in [0.717, 1.165) is 0 Å². The molecular formula is C8H15I2IrOP. The zero-order chi connectivity index (χ0) is 10.5. The monoisotopic (exact) mass is 605 g/mol. The molecule has 0 amide bonds. The molecule has 0 heterocycles. The van der Waals surface area contributed by atoms with Crippen LogP contribution in [0.25, 0.3) is 0 Å². The van der Waals surface area contributed by atoms with Crippen LogP contribution in [-0.2, 0) is 8.12 Å². The molecule has 0 aromatic rings. The molecule has 0 saturated carbocycles. The SMILES string of the molecule is CP(C)O.[CH3][Ir]([I])([I])[C]1=CC=CC1. The van der Waals surface area contributed by atoms with Crippen molar-refractivity contribution in [2.75, 3.05) is 13.3 Å². The van der Waals surface area contributed by atoms with Crippen molar-refractivity contribution >= 4 is 47.3 Å². The Kier molecular flexibility index (Phi) is 8.39. The summed E-state index contributed by atoms with van der Waals surface area (Å²) in [5, 5.41) is 0. The molecule has 13 heavy (non-hydrogen) atoms. The molecule has 0 saturated heterocycles. The van der Waals surface area contributed by atoms with Crippen molar-refractivity contribution in [1.82, 2.24) is 0 Å². The van der Waals surface area contributed by atoms with Gasteiger partial charge in [-0.2, -0.15) is 0 Å². The van der Waals surface area contributed by atoms with Crippen LogP contribution in [0.1, 0.15) is 6.42 Å². The summed E-state index contributed by atoms with van der Waals surface area (Å²) in [6.45, 7) is 3.57. The molecule has 0 aromatic heterocycles. The third-order valence-corrected chi connectivity index (χ3v) is 12.2. The fourth-order valence-corrected chi connectivity index (χ4v) is 7.07. The van der Waals surface area contributed by atoms with Gasteiger partial charge in [0.25, 0.3) is 0 Å². The van der Waals surface area contributed by atoms with E-state index in [9.17, 15) is 0 Å². The molecule has 0 aromatic carbocycles. The van der Waals surface area contributed by atoms with E-state index in [1.165, 1.54) is 6.42 Å². The number of allylic oxidation sites excluding steroid dienone is 4. The molecule has 1 rings (SSSR count). The molecule has 0 unspecified atom stereocenters. The molecular weight excluding hydrogens is 589 g/mol. The van der Waals surface area contributed by atoms with E-state index in [4.69, 9.17) is 4.89 Å². The van der Waals surface area contributed by atoms with Gasteiger partial charge in [-0.15, -0.1) is 0 Å². The molecule has 0 aliphatic heterocycles. The Balaban J connectivity index is 0.000000310. The van der Waals surface area contributed by atoms with Gasteiger partial charge in [0, 0.05) is 8.15 Å². The van der Waals surface area contributed by atoms with Gasteiger partial charge in [0.1, 0.15) is 0 Å². The Morgan fingerprint density at radius 1 is 1.46 bits per heavy atom. The Bertz CT molecular complexity index is 206. The zero-order valence-electron chi connectivity index (χ0n) is 7.92. The van der Waals surface area contributed by atoms with E-state index >= 15 is 0 Å². The normalized spacial score (nSPS) is 16.7. The second kappa shape index (κ2) is 7.29. The molecule has 81 valence electrons. The number of halogens is 2. The molecule has 0 radical (unpaired) electrons. The van der Waals surface area contributed by atoms with Crippen LogP contribution in [0.3, 0.4) is 0 Å². The maximum atomic E-state index is 8.12. The van der Waals surface area contributed by atoms with Crippen LogP contribution in [0.15, 0.2) is 22.3 Å². The molecule has 1 aliphatic rings. The van der Waals surface area contributed by atoms with Crippen LogP contribution in [0.5, 0.6) is 0 Å². The number of hydrogen-bond acceptors (Lipinski definition) is 1. The van der Waals surface area contributed by atoms with Gasteiger partial charge in [-0.3, -0.25) is 0 Å². The van der Waals surface area contributed by atoms with Gasteiger partial charge in [0.2, 0.25) is 0 Å². The number of hydrogen-bond donors (Lipinski definition) is 1. The fourth-order valence-electron chi connectivity index (χ4n) is 0.629. The van der Waals surface area contributed by atoms with E-state index in [2.05, 4.69) is 62.9 Å². The van der Waals surface area contributed by atoms with Gasteiger partial charge in [-0.1, -0.05) is 0 Å². The molecule has 0 bridgehead atoms. The van der Waals surface area contributed by atoms with Crippen LogP contribution in [-0.4, -0.2) is 18.2 Å². The van der Waals surface area contributed by atoms with Crippen LogP contribution in [0, 0.1) is 0 Å². The summed E-state index contributed by atoms with van der Waals surface area (Å²) < 4.78 is 1.70. The Morgan fingerprint density at radius 2 is 1.92 bits per heavy atom. The molecule has 0 fully saturated rings. The summed E-state index contributed by atoms with van der Waals surface area (Å²) in [6.07, 6.45) is 7.94. The van der Waals surface area contributed by atoms with E-state index in [1.54, 1.807) is 17.4 Å². The molecule has 0 atom stereocenters. The van der Waals surface area contributed by atoms with Crippen LogP contribution in [0.4, 0.5) is 0 Å². The van der Waals surface area contributed by atoms with Crippen LogP contribution >= 0.6 is 47.3 Å². The minimum absolute atomic E-state index is 0.620. The van der Waals surface area contributed by atoms with Crippen molar-refractivity contribution in [3.63, 3.8) is 0 Å². The quantitative estimate of drug-likeness (QED) is 0.349. The molecule has 1 nitrogen and oxygen atoms in total. The van der Waals surface area contributed by atoms with Crippen molar-refractivity contribution in [2.24, 2.45) is 0 Å². The predicted molar refractivity (Wildman–Crippen MR) is 76.7 cm³/mol. The number of rotatable bonds is 1. The van der Waals surface area contributed by atoms with Gasteiger partial charge in [-0.25, -0.2) is 0 Å². The summed E-state index contributed by atoms with van der Waals surface area (Å²) in [6, 6.07) is 0. The Labute approximate surface area is 106 Å². The van der Waals surface area contributed by atoms with Gasteiger partial charge >= 0.3 is 81.5 Å². The van der Waals surface area contributed by atoms with Gasteiger partial charge < -0.3 is 4.89 Å². The van der Waals surface area contributed by atoms with Gasteiger partial charge in [0.05, 0.1) is 0 Å². The van der Waals surface area contributed by atoms with Crippen molar-refractivity contribution in [3.8, 4) is 0 Å². The van der Waals surface area contributed by atoms with E-state index < -0.39 is 16.3 Å². The third kappa shape index (κ3) is 8.94. The second-order valence-corrected chi connectivity index (χ2v) is 45.0. The summed E-state index contributed by atoms with van der Waals surface area (Å²) in [5.41, 5.74) is 2.42. The van der Waals surface area contributed by atoms with Gasteiger partial charge in [-0.05, 0) is 13.3 Å². The molecule has 5 heteroatoms. The first-order valence-corrected chi connectivity index (χ1v) is 22.9. The first-order valence-electron chi connectivity index (χ1n) is 3.56. The summed E-state index contributed by atoms with van der Waals surface area (Å²) in [5.74, 6) is 0. The first-order chi connectivity index (χ1) is 5.84. The topological polar surface area (TPSA) is 20.2 Å². The van der Waals surface area contributed by atoms with Crippen molar-refractivity contribution in [1.29, 1.82) is 0 Å². The standard InChI is InChI=1S/C5H5.C2H7OP.CH3.2HI.Ir/c1-2-4-5-3-1;1-4(2)3;;;;/h1-3H,4H2;3H,1-2H3;1H3;2*1H;/q;;;;;+2/p-2. The average molecular weight is 604 g/mol. The van der Waals surface area contributed by atoms with E-state index in [0.29, 0.717) is 0 Å². The average Bonchev–Trinajstić information content (AvgIpc) is 2.31. The van der Waals surface area contributed by atoms with Crippen LogP contribution < -0.4 is 0 Å². The Hall–Kier alpha value is 1.98. The summed E-state index contributed by atoms with van der Waals surface area (Å²) in [7, 11) is -2.06. The molecule has 1 aliphatic carbocycles. The van der Waals surface area contributed by atoms with Crippen molar-refractivity contribution < 1.29 is 13.0 Å². The third-order valence-electron chi connectivity index (χ3n) is 1.09. The Morgan fingerprint density at radius 3 is 2.08 bits per heavy atom. The molecule has 1 N–H and O–H groups in total. The van der Waals surface area contributed by atoms with E-state index in [1.807, 2.05) is 0 Å². The predicted octanol–water partition coefficient (Wildman–Crippen LogP) is 4.37. The van der Waals surface area contributed by atoms with E-state index in [-0.39, 0.29) is 0 Å². The van der Waals surface area contributed by atoms with Crippen molar-refractivity contribution in [3.05, 3.63) is 22.3 Å². The maximum absolute atomic E-state index is 8.12. The van der Waals surface area contributed by atoms with Crippen LogP contribution in [0.2, 0.25) is 5.44 Å². The van der Waals surface area contributed by atoms with Gasteiger partial charge in [0.15, 0.2) is 0 Å². The van der Waals surface area contributed by atoms with Crippen molar-refractivity contribution in [2.45, 2.75) is 11.9 Å². The second-order valence-electron chi connectivity index (χ2n) is 2.66. The zero-order valence-corrected chi connectivity index (χ0v) is 15.5.